The van der Waals surface area contributed by atoms with Crippen LogP contribution in [0.25, 0.3) is 0 Å². The summed E-state index contributed by atoms with van der Waals surface area (Å²) in [6.07, 6.45) is 0.843. The van der Waals surface area contributed by atoms with Crippen LogP contribution in [0.5, 0.6) is 0 Å². The molecule has 0 saturated carbocycles. The van der Waals surface area contributed by atoms with E-state index in [1.807, 2.05) is 43.3 Å². The van der Waals surface area contributed by atoms with Crippen LogP contribution >= 0.6 is 11.3 Å². The number of anilines is 5. The molecule has 210 valence electrons. The molecule has 2 fully saturated rings. The quantitative estimate of drug-likeness (QED) is 0.367. The van der Waals surface area contributed by atoms with Crippen LogP contribution in [-0.4, -0.2) is 79.5 Å². The zero-order chi connectivity index (χ0) is 27.8. The van der Waals surface area contributed by atoms with Crippen LogP contribution in [0.1, 0.15) is 42.4 Å². The van der Waals surface area contributed by atoms with E-state index in [9.17, 15) is 9.90 Å². The third-order valence-electron chi connectivity index (χ3n) is 6.69. The Balaban J connectivity index is 0.00000112. The lowest BCUT2D eigenvalue weighted by Crippen LogP contribution is -2.49. The molecule has 3 aromatic rings. The monoisotopic (exact) mass is 552 g/mol. The third-order valence-corrected chi connectivity index (χ3v) is 7.68. The Kier molecular flexibility index (Phi) is 10.2. The van der Waals surface area contributed by atoms with Crippen molar-refractivity contribution in [3.63, 3.8) is 0 Å². The summed E-state index contributed by atoms with van der Waals surface area (Å²) >= 11 is 1.26. The fraction of sp³-hybridized carbons (Fsp3) is 0.448. The van der Waals surface area contributed by atoms with Crippen molar-refractivity contribution in [1.29, 1.82) is 0 Å². The Morgan fingerprint density at radius 1 is 0.974 bits per heavy atom. The fourth-order valence-corrected chi connectivity index (χ4v) is 5.42. The van der Waals surface area contributed by atoms with Crippen LogP contribution in [0.15, 0.2) is 48.5 Å². The number of nitrogens with two attached hydrogens (primary N) is 1. The highest BCUT2D eigenvalue weighted by molar-refractivity contribution is 7.18. The standard InChI is InChI=1S/C26H32N6O3S.C3H8/c1-18(33)30-10-12-31(13-11-30)22-8-4-20(5-9-22)28-26-29-25(27)24(36-26)23(34)19-2-6-21(7-3-19)32-14-16-35-17-15-32;1-3-2/h2-9,18,33H,10-17,27H2,1H3,(H,28,29);3H2,1-2H3. The van der Waals surface area contributed by atoms with Gasteiger partial charge >= 0.3 is 0 Å². The molecular weight excluding hydrogens is 512 g/mol. The van der Waals surface area contributed by atoms with E-state index in [4.69, 9.17) is 10.5 Å². The highest BCUT2D eigenvalue weighted by atomic mass is 32.1. The van der Waals surface area contributed by atoms with Crippen molar-refractivity contribution >= 4 is 45.1 Å². The number of ketones is 1. The van der Waals surface area contributed by atoms with Crippen LogP contribution in [0, 0.1) is 0 Å². The zero-order valence-electron chi connectivity index (χ0n) is 23.1. The Morgan fingerprint density at radius 3 is 2.08 bits per heavy atom. The third kappa shape index (κ3) is 7.48. The van der Waals surface area contributed by atoms with Gasteiger partial charge in [0.15, 0.2) is 5.13 Å². The number of nitrogens with zero attached hydrogens (tertiary/aromatic N) is 4. The second kappa shape index (κ2) is 13.7. The largest absolute Gasteiger partial charge is 0.382 e. The SMILES string of the molecule is CC(O)N1CCN(c2ccc(Nc3nc(N)c(C(=O)c4ccc(N5CCOCC5)cc4)s3)cc2)CC1.CCC. The first-order valence-corrected chi connectivity index (χ1v) is 14.5. The predicted octanol–water partition coefficient (Wildman–Crippen LogP) is 4.41. The maximum Gasteiger partial charge on any atom is 0.206 e. The summed E-state index contributed by atoms with van der Waals surface area (Å²) in [6.45, 7) is 12.6. The average Bonchev–Trinajstić information content (AvgIpc) is 3.33. The smallest absolute Gasteiger partial charge is 0.206 e. The van der Waals surface area contributed by atoms with Crippen LogP contribution in [0.3, 0.4) is 0 Å². The summed E-state index contributed by atoms with van der Waals surface area (Å²) in [4.78, 5) is 24.6. The number of rotatable bonds is 7. The van der Waals surface area contributed by atoms with E-state index in [1.54, 1.807) is 0 Å². The van der Waals surface area contributed by atoms with Gasteiger partial charge in [-0.1, -0.05) is 31.6 Å². The van der Waals surface area contributed by atoms with Gasteiger partial charge < -0.3 is 30.7 Å². The highest BCUT2D eigenvalue weighted by Crippen LogP contribution is 2.31. The van der Waals surface area contributed by atoms with Gasteiger partial charge in [0.05, 0.1) is 13.2 Å². The number of thiazole rings is 1. The minimum atomic E-state index is -0.407. The molecule has 2 aliphatic heterocycles. The number of aromatic nitrogens is 1. The Labute approximate surface area is 235 Å². The fourth-order valence-electron chi connectivity index (χ4n) is 4.56. The molecule has 10 heteroatoms. The summed E-state index contributed by atoms with van der Waals surface area (Å²) in [6, 6.07) is 15.8. The van der Waals surface area contributed by atoms with Crippen LogP contribution < -0.4 is 20.9 Å². The van der Waals surface area contributed by atoms with E-state index in [-0.39, 0.29) is 11.6 Å². The molecule has 9 nitrogen and oxygen atoms in total. The van der Waals surface area contributed by atoms with Gasteiger partial charge in [-0.05, 0) is 55.5 Å². The number of aliphatic hydroxyl groups excluding tert-OH is 1. The summed E-state index contributed by atoms with van der Waals surface area (Å²) in [7, 11) is 0. The lowest BCUT2D eigenvalue weighted by Gasteiger charge is -2.37. The van der Waals surface area contributed by atoms with Gasteiger partial charge in [-0.15, -0.1) is 0 Å². The maximum atomic E-state index is 13.1. The van der Waals surface area contributed by atoms with Gasteiger partial charge in [0.25, 0.3) is 0 Å². The number of benzene rings is 2. The van der Waals surface area contributed by atoms with Crippen LogP contribution in [0.2, 0.25) is 0 Å². The van der Waals surface area contributed by atoms with E-state index in [0.29, 0.717) is 15.6 Å². The van der Waals surface area contributed by atoms with Crippen LogP contribution in [-0.2, 0) is 4.74 Å². The van der Waals surface area contributed by atoms with Crippen molar-refractivity contribution in [3.05, 3.63) is 59.0 Å². The molecule has 39 heavy (non-hydrogen) atoms. The average molecular weight is 553 g/mol. The molecule has 0 amide bonds. The van der Waals surface area contributed by atoms with Gasteiger partial charge in [0.2, 0.25) is 5.78 Å². The summed E-state index contributed by atoms with van der Waals surface area (Å²) in [5.74, 6) is 0.107. The zero-order valence-corrected chi connectivity index (χ0v) is 23.9. The molecule has 0 radical (unpaired) electrons. The maximum absolute atomic E-state index is 13.1. The molecule has 1 unspecified atom stereocenters. The van der Waals surface area contributed by atoms with Crippen LogP contribution in [0.4, 0.5) is 28.0 Å². The molecule has 2 aliphatic rings. The van der Waals surface area contributed by atoms with Gasteiger partial charge in [-0.3, -0.25) is 9.69 Å². The van der Waals surface area contributed by atoms with E-state index in [1.165, 1.54) is 17.8 Å². The van der Waals surface area contributed by atoms with Crippen molar-refractivity contribution in [2.24, 2.45) is 0 Å². The molecule has 1 atom stereocenters. The van der Waals surface area contributed by atoms with E-state index >= 15 is 0 Å². The van der Waals surface area contributed by atoms with Crippen molar-refractivity contribution in [2.45, 2.75) is 33.4 Å². The molecule has 4 N–H and O–H groups in total. The van der Waals surface area contributed by atoms with Gasteiger partial charge in [-0.2, -0.15) is 0 Å². The second-order valence-corrected chi connectivity index (χ2v) is 10.7. The van der Waals surface area contributed by atoms with Gasteiger partial charge in [0.1, 0.15) is 16.9 Å². The predicted molar refractivity (Wildman–Crippen MR) is 161 cm³/mol. The Morgan fingerprint density at radius 2 is 1.51 bits per heavy atom. The number of carbonyl (C=O) groups excluding carboxylic acids is 1. The molecule has 2 saturated heterocycles. The number of nitrogen functional groups attached to an aromatic ring is 1. The summed E-state index contributed by atoms with van der Waals surface area (Å²) < 4.78 is 5.41. The molecule has 5 rings (SSSR count). The first-order chi connectivity index (χ1) is 18.9. The molecule has 3 heterocycles. The highest BCUT2D eigenvalue weighted by Gasteiger charge is 2.21. The number of aliphatic hydroxyl groups is 1. The first-order valence-electron chi connectivity index (χ1n) is 13.7. The Hall–Kier alpha value is -3.18. The molecule has 0 aliphatic carbocycles. The minimum absolute atomic E-state index is 0.127. The summed E-state index contributed by atoms with van der Waals surface area (Å²) in [5, 5.41) is 13.6. The van der Waals surface area contributed by atoms with Gasteiger partial charge in [-0.25, -0.2) is 4.98 Å². The first kappa shape index (κ1) is 28.8. The van der Waals surface area contributed by atoms with Crippen molar-refractivity contribution in [1.82, 2.24) is 9.88 Å². The number of hydrogen-bond acceptors (Lipinski definition) is 10. The van der Waals surface area contributed by atoms with Crippen molar-refractivity contribution in [2.75, 3.05) is 73.3 Å². The number of ether oxygens (including phenoxy) is 1. The number of hydrogen-bond donors (Lipinski definition) is 3. The minimum Gasteiger partial charge on any atom is -0.382 e. The molecule has 2 aromatic carbocycles. The van der Waals surface area contributed by atoms with E-state index in [0.717, 1.165) is 69.5 Å². The molecule has 0 spiro atoms. The number of piperazine rings is 1. The lowest BCUT2D eigenvalue weighted by atomic mass is 10.1. The Bertz CT molecular complexity index is 1180. The lowest BCUT2D eigenvalue weighted by molar-refractivity contribution is 0.0153. The number of carbonyl (C=O) groups is 1. The van der Waals surface area contributed by atoms with E-state index < -0.39 is 6.23 Å². The van der Waals surface area contributed by atoms with E-state index in [2.05, 4.69) is 51.0 Å². The molecular formula is C29H40N6O3S. The number of nitrogens with one attached hydrogen (secondary N) is 1. The summed E-state index contributed by atoms with van der Waals surface area (Å²) in [5.41, 5.74) is 9.82. The van der Waals surface area contributed by atoms with Crippen molar-refractivity contribution < 1.29 is 14.6 Å². The second-order valence-electron chi connectivity index (χ2n) is 9.74. The molecule has 1 aromatic heterocycles. The number of morpholine rings is 1. The van der Waals surface area contributed by atoms with Gasteiger partial charge in [0, 0.05) is 61.9 Å². The van der Waals surface area contributed by atoms with Crippen molar-refractivity contribution in [3.8, 4) is 0 Å². The molecule has 0 bridgehead atoms. The normalized spacial score (nSPS) is 16.8. The topological polar surface area (TPSA) is 107 Å².